The van der Waals surface area contributed by atoms with Crippen LogP contribution in [-0.4, -0.2) is 79.8 Å². The van der Waals surface area contributed by atoms with E-state index >= 15 is 0 Å². The van der Waals surface area contributed by atoms with Gasteiger partial charge in [0, 0.05) is 12.2 Å². The lowest BCUT2D eigenvalue weighted by molar-refractivity contribution is -0.134. The molecule has 0 aliphatic heterocycles. The second-order valence-electron chi connectivity index (χ2n) is 3.45. The van der Waals surface area contributed by atoms with E-state index in [9.17, 15) is 14.4 Å². The average molecular weight is 295 g/mol. The number of aliphatic hydroxyl groups is 4. The van der Waals surface area contributed by atoms with Crippen LogP contribution in [0.2, 0.25) is 0 Å². The normalized spacial score (nSPS) is 16.4. The number of carboxylic acid groups (broad SMARTS) is 2. The predicted molar refractivity (Wildman–Crippen MR) is 63.6 cm³/mol. The first-order valence-electron chi connectivity index (χ1n) is 5.17. The molecule has 0 amide bonds. The molecule has 0 aromatic heterocycles. The second kappa shape index (κ2) is 11.0. The van der Waals surface area contributed by atoms with Crippen molar-refractivity contribution in [3.63, 3.8) is 0 Å². The molecule has 0 bridgehead atoms. The van der Waals surface area contributed by atoms with Crippen LogP contribution in [0.5, 0.6) is 0 Å². The number of nitrogens with two attached hydrogens (primary N) is 1. The van der Waals surface area contributed by atoms with Gasteiger partial charge in [0.25, 0.3) is 0 Å². The van der Waals surface area contributed by atoms with Crippen LogP contribution in [0.25, 0.3) is 0 Å². The molecule has 0 aromatic carbocycles. The van der Waals surface area contributed by atoms with Gasteiger partial charge in [0.1, 0.15) is 24.6 Å². The minimum Gasteiger partial charge on any atom is -0.478 e. The zero-order valence-electron chi connectivity index (χ0n) is 10.2. The Kier molecular flexibility index (Phi) is 11.3. The van der Waals surface area contributed by atoms with E-state index in [0.717, 1.165) is 0 Å². The highest BCUT2D eigenvalue weighted by Crippen LogP contribution is 2.01. The Morgan fingerprint density at radius 1 is 1.00 bits per heavy atom. The van der Waals surface area contributed by atoms with E-state index in [4.69, 9.17) is 36.4 Å². The number of rotatable bonds is 7. The number of aldehydes is 1. The van der Waals surface area contributed by atoms with Gasteiger partial charge in [-0.05, 0) is 0 Å². The van der Waals surface area contributed by atoms with E-state index in [-0.39, 0.29) is 6.29 Å². The first-order chi connectivity index (χ1) is 9.17. The number of carbonyl (C=O) groups excluding carboxylic acids is 1. The fraction of sp³-hybridized carbons (Fsp3) is 0.500. The zero-order chi connectivity index (χ0) is 16.3. The van der Waals surface area contributed by atoms with Crippen molar-refractivity contribution >= 4 is 18.2 Å². The summed E-state index contributed by atoms with van der Waals surface area (Å²) in [5.74, 6) is -2.51. The van der Waals surface area contributed by atoms with Crippen molar-refractivity contribution in [3.8, 4) is 0 Å². The van der Waals surface area contributed by atoms with Crippen molar-refractivity contribution in [2.45, 2.75) is 24.4 Å². The van der Waals surface area contributed by atoms with Crippen LogP contribution in [0.4, 0.5) is 0 Å². The molecular formula is C10H17NO9. The van der Waals surface area contributed by atoms with Crippen LogP contribution < -0.4 is 5.73 Å². The first kappa shape index (κ1) is 20.5. The van der Waals surface area contributed by atoms with E-state index in [1.54, 1.807) is 0 Å². The molecule has 10 nitrogen and oxygen atoms in total. The van der Waals surface area contributed by atoms with Gasteiger partial charge in [-0.3, -0.25) is 0 Å². The molecule has 4 atom stereocenters. The maximum Gasteiger partial charge on any atom is 0.328 e. The summed E-state index contributed by atoms with van der Waals surface area (Å²) in [5, 5.41) is 50.8. The molecular weight excluding hydrogens is 278 g/mol. The smallest absolute Gasteiger partial charge is 0.328 e. The molecule has 0 unspecified atom stereocenters. The molecule has 0 fully saturated rings. The summed E-state index contributed by atoms with van der Waals surface area (Å²) in [7, 11) is 0. The quantitative estimate of drug-likeness (QED) is 0.181. The minimum absolute atomic E-state index is 0.248. The van der Waals surface area contributed by atoms with Gasteiger partial charge in [0.15, 0.2) is 0 Å². The van der Waals surface area contributed by atoms with Crippen molar-refractivity contribution in [2.24, 2.45) is 5.73 Å². The Balaban J connectivity index is 0. The third-order valence-electron chi connectivity index (χ3n) is 1.85. The van der Waals surface area contributed by atoms with E-state index in [2.05, 4.69) is 0 Å². The van der Waals surface area contributed by atoms with Gasteiger partial charge in [-0.15, -0.1) is 0 Å². The van der Waals surface area contributed by atoms with Crippen LogP contribution in [0.1, 0.15) is 0 Å². The molecule has 0 saturated carbocycles. The SMILES string of the molecule is N[C@@H](C=O)[C@@H](O)[C@H](O)[C@H](O)CO.O=C(O)/C=C\C(=O)O. The minimum atomic E-state index is -1.62. The standard InChI is InChI=1S/C6H13NO5.C4H4O4/c7-3(1-8)5(11)6(12)4(10)2-9;5-3(6)1-2-4(7)8/h1,3-6,9-12H,2,7H2;1-2H,(H,5,6)(H,7,8)/b;2-1-/t3-,4+,5+,6+;/m0./s1. The molecule has 10 heteroatoms. The van der Waals surface area contributed by atoms with Crippen LogP contribution in [0.15, 0.2) is 12.2 Å². The van der Waals surface area contributed by atoms with E-state index in [1.165, 1.54) is 0 Å². The fourth-order valence-corrected chi connectivity index (χ4v) is 0.786. The molecule has 0 spiro atoms. The molecule has 0 aliphatic carbocycles. The number of hydrogen-bond acceptors (Lipinski definition) is 8. The van der Waals surface area contributed by atoms with E-state index in [1.807, 2.05) is 0 Å². The number of hydrogen-bond donors (Lipinski definition) is 7. The molecule has 0 saturated heterocycles. The lowest BCUT2D eigenvalue weighted by atomic mass is 10.0. The Morgan fingerprint density at radius 2 is 1.40 bits per heavy atom. The Bertz CT molecular complexity index is 328. The van der Waals surface area contributed by atoms with Crippen molar-refractivity contribution in [1.29, 1.82) is 0 Å². The van der Waals surface area contributed by atoms with Crippen molar-refractivity contribution < 1.29 is 45.0 Å². The van der Waals surface area contributed by atoms with Gasteiger partial charge in [0.2, 0.25) is 0 Å². The summed E-state index contributed by atoms with van der Waals surface area (Å²) in [6.07, 6.45) is -3.31. The second-order valence-corrected chi connectivity index (χ2v) is 3.45. The third-order valence-corrected chi connectivity index (χ3v) is 1.85. The summed E-state index contributed by atoms with van der Waals surface area (Å²) in [5.41, 5.74) is 5.04. The third kappa shape index (κ3) is 10.1. The fourth-order valence-electron chi connectivity index (χ4n) is 0.786. The first-order valence-corrected chi connectivity index (χ1v) is 5.17. The van der Waals surface area contributed by atoms with Crippen LogP contribution in [-0.2, 0) is 14.4 Å². The Morgan fingerprint density at radius 3 is 1.65 bits per heavy atom. The predicted octanol–water partition coefficient (Wildman–Crippen LogP) is -3.70. The van der Waals surface area contributed by atoms with Crippen molar-refractivity contribution in [3.05, 3.63) is 12.2 Å². The van der Waals surface area contributed by atoms with E-state index < -0.39 is 42.9 Å². The molecule has 0 radical (unpaired) electrons. The van der Waals surface area contributed by atoms with Gasteiger partial charge in [-0.2, -0.15) is 0 Å². The summed E-state index contributed by atoms with van der Waals surface area (Å²) in [6, 6.07) is -1.26. The summed E-state index contributed by atoms with van der Waals surface area (Å²) >= 11 is 0. The summed E-state index contributed by atoms with van der Waals surface area (Å²) < 4.78 is 0. The molecule has 0 aliphatic rings. The summed E-state index contributed by atoms with van der Waals surface area (Å²) in [6.45, 7) is -0.705. The van der Waals surface area contributed by atoms with Crippen LogP contribution in [0.3, 0.4) is 0 Å². The average Bonchev–Trinajstić information content (AvgIpc) is 2.42. The number of carbonyl (C=O) groups is 3. The topological polar surface area (TPSA) is 199 Å². The molecule has 0 aromatic rings. The largest absolute Gasteiger partial charge is 0.478 e. The molecule has 20 heavy (non-hydrogen) atoms. The van der Waals surface area contributed by atoms with Gasteiger partial charge in [-0.25, -0.2) is 9.59 Å². The van der Waals surface area contributed by atoms with Gasteiger partial charge >= 0.3 is 11.9 Å². The zero-order valence-corrected chi connectivity index (χ0v) is 10.2. The van der Waals surface area contributed by atoms with E-state index in [0.29, 0.717) is 12.2 Å². The van der Waals surface area contributed by atoms with Crippen molar-refractivity contribution in [2.75, 3.05) is 6.61 Å². The number of aliphatic hydroxyl groups excluding tert-OH is 4. The highest BCUT2D eigenvalue weighted by atomic mass is 16.4. The monoisotopic (exact) mass is 295 g/mol. The lowest BCUT2D eigenvalue weighted by Crippen LogP contribution is -2.49. The molecule has 0 heterocycles. The molecule has 0 rings (SSSR count). The lowest BCUT2D eigenvalue weighted by Gasteiger charge is -2.23. The maximum atomic E-state index is 10.0. The van der Waals surface area contributed by atoms with Crippen LogP contribution in [0, 0.1) is 0 Å². The number of carboxylic acids is 2. The highest BCUT2D eigenvalue weighted by molar-refractivity contribution is 5.89. The van der Waals surface area contributed by atoms with Crippen LogP contribution >= 0.6 is 0 Å². The molecule has 116 valence electrons. The van der Waals surface area contributed by atoms with Gasteiger partial charge in [-0.1, -0.05) is 0 Å². The Hall–Kier alpha value is -1.85. The maximum absolute atomic E-state index is 10.0. The summed E-state index contributed by atoms with van der Waals surface area (Å²) in [4.78, 5) is 29.1. The van der Waals surface area contributed by atoms with Gasteiger partial charge in [0.05, 0.1) is 12.6 Å². The van der Waals surface area contributed by atoms with Gasteiger partial charge < -0.3 is 41.2 Å². The number of aliphatic carboxylic acids is 2. The highest BCUT2D eigenvalue weighted by Gasteiger charge is 2.28. The Labute approximate surface area is 113 Å². The molecule has 8 N–H and O–H groups in total. The van der Waals surface area contributed by atoms with Crippen molar-refractivity contribution in [1.82, 2.24) is 0 Å².